The van der Waals surface area contributed by atoms with Crippen molar-refractivity contribution in [1.29, 1.82) is 5.26 Å². The maximum Gasteiger partial charge on any atom is 0.191 e. The molecule has 22 heavy (non-hydrogen) atoms. The minimum Gasteiger partial charge on any atom is -0.493 e. The van der Waals surface area contributed by atoms with Gasteiger partial charge in [0.1, 0.15) is 6.07 Å². The summed E-state index contributed by atoms with van der Waals surface area (Å²) in [7, 11) is 1.66. The van der Waals surface area contributed by atoms with E-state index in [9.17, 15) is 0 Å². The number of nitrogens with zero attached hydrogens (tertiary/aromatic N) is 1. The van der Waals surface area contributed by atoms with Gasteiger partial charge in [-0.2, -0.15) is 5.26 Å². The summed E-state index contributed by atoms with van der Waals surface area (Å²) in [6.07, 6.45) is 6.93. The Morgan fingerprint density at radius 1 is 1.32 bits per heavy atom. The highest BCUT2D eigenvalue weighted by Gasteiger charge is 2.20. The van der Waals surface area contributed by atoms with E-state index >= 15 is 0 Å². The van der Waals surface area contributed by atoms with E-state index in [0.29, 0.717) is 12.5 Å². The third-order valence-corrected chi connectivity index (χ3v) is 4.02. The Balaban J connectivity index is 1.73. The van der Waals surface area contributed by atoms with Crippen LogP contribution in [0.15, 0.2) is 30.0 Å². The number of rotatable bonds is 5. The maximum atomic E-state index is 8.83. The number of ether oxygens (including phenoxy) is 2. The summed E-state index contributed by atoms with van der Waals surface area (Å²) in [6.45, 7) is 0. The van der Waals surface area contributed by atoms with Crippen LogP contribution in [0.4, 0.5) is 0 Å². The van der Waals surface area contributed by atoms with Crippen LogP contribution >= 0.6 is 0 Å². The normalized spacial score (nSPS) is 21.1. The van der Waals surface area contributed by atoms with Crippen LogP contribution in [-0.2, 0) is 11.3 Å². The quantitative estimate of drug-likeness (QED) is 0.906. The fourth-order valence-electron chi connectivity index (χ4n) is 2.88. The van der Waals surface area contributed by atoms with Gasteiger partial charge in [-0.25, -0.2) is 0 Å². The molecule has 1 saturated carbocycles. The van der Waals surface area contributed by atoms with Crippen molar-refractivity contribution in [3.05, 3.63) is 35.5 Å². The molecule has 1 N–H and O–H groups in total. The third kappa shape index (κ3) is 3.34. The summed E-state index contributed by atoms with van der Waals surface area (Å²) >= 11 is 0. The number of hydrogen-bond donors (Lipinski definition) is 1. The Hall–Kier alpha value is -2.19. The summed E-state index contributed by atoms with van der Waals surface area (Å²) in [4.78, 5) is 5.11. The van der Waals surface area contributed by atoms with E-state index in [2.05, 4.69) is 11.5 Å². The molecule has 1 heterocycles. The van der Waals surface area contributed by atoms with E-state index in [1.165, 1.54) is 12.8 Å². The highest BCUT2D eigenvalue weighted by atomic mass is 16.7. The highest BCUT2D eigenvalue weighted by Crippen LogP contribution is 2.33. The second-order valence-corrected chi connectivity index (χ2v) is 5.65. The maximum absolute atomic E-state index is 8.83. The molecule has 0 bridgehead atoms. The molecular formula is C17H20N2O3. The summed E-state index contributed by atoms with van der Waals surface area (Å²) in [5.41, 5.74) is 4.78. The zero-order valence-corrected chi connectivity index (χ0v) is 12.7. The predicted octanol–water partition coefficient (Wildman–Crippen LogP) is 2.87. The Kier molecular flexibility index (Phi) is 4.50. The molecule has 0 spiro atoms. The molecular weight excluding hydrogens is 280 g/mol. The topological polar surface area (TPSA) is 63.5 Å². The molecule has 0 amide bonds. The van der Waals surface area contributed by atoms with Crippen LogP contribution in [0.1, 0.15) is 31.2 Å². The van der Waals surface area contributed by atoms with Crippen LogP contribution in [0.5, 0.6) is 11.5 Å². The second kappa shape index (κ2) is 6.71. The average Bonchev–Trinajstić information content (AvgIpc) is 3.19. The van der Waals surface area contributed by atoms with Crippen LogP contribution in [0.3, 0.4) is 0 Å². The standard InChI is InChI=1S/C17H20N2O3/c1-20-16-7-6-12(8-13-10-15(11-18)22-19-13)9-17(16)21-14-4-2-3-5-14/h6-7,9-10,14-15,19H,2-5,8H2,1H3. The molecule has 5 nitrogen and oxygen atoms in total. The molecule has 5 heteroatoms. The number of methoxy groups -OCH3 is 1. The number of benzene rings is 1. The lowest BCUT2D eigenvalue weighted by atomic mass is 10.1. The molecule has 116 valence electrons. The lowest BCUT2D eigenvalue weighted by Crippen LogP contribution is -2.13. The van der Waals surface area contributed by atoms with Gasteiger partial charge in [0.15, 0.2) is 17.6 Å². The van der Waals surface area contributed by atoms with E-state index in [-0.39, 0.29) is 0 Å². The summed E-state index contributed by atoms with van der Waals surface area (Å²) in [6, 6.07) is 8.00. The molecule has 1 aliphatic heterocycles. The first-order valence-corrected chi connectivity index (χ1v) is 7.64. The van der Waals surface area contributed by atoms with Crippen LogP contribution in [0.2, 0.25) is 0 Å². The second-order valence-electron chi connectivity index (χ2n) is 5.65. The highest BCUT2D eigenvalue weighted by molar-refractivity contribution is 5.44. The van der Waals surface area contributed by atoms with Gasteiger partial charge in [0.25, 0.3) is 0 Å². The van der Waals surface area contributed by atoms with Crippen molar-refractivity contribution < 1.29 is 14.3 Å². The number of allylic oxidation sites excluding steroid dienone is 1. The third-order valence-electron chi connectivity index (χ3n) is 4.02. The largest absolute Gasteiger partial charge is 0.493 e. The Morgan fingerprint density at radius 2 is 2.14 bits per heavy atom. The van der Waals surface area contributed by atoms with Crippen molar-refractivity contribution in [3.63, 3.8) is 0 Å². The molecule has 1 fully saturated rings. The minimum atomic E-state index is -0.512. The van der Waals surface area contributed by atoms with Gasteiger partial charge < -0.3 is 9.47 Å². The van der Waals surface area contributed by atoms with Crippen molar-refractivity contribution in [2.24, 2.45) is 0 Å². The van der Waals surface area contributed by atoms with Gasteiger partial charge in [0.05, 0.1) is 13.2 Å². The van der Waals surface area contributed by atoms with Crippen molar-refractivity contribution in [1.82, 2.24) is 5.48 Å². The van der Waals surface area contributed by atoms with Gasteiger partial charge in [-0.1, -0.05) is 6.07 Å². The number of nitriles is 1. The van der Waals surface area contributed by atoms with Gasteiger partial charge in [-0.15, -0.1) is 0 Å². The summed E-state index contributed by atoms with van der Waals surface area (Å²) < 4.78 is 11.5. The average molecular weight is 300 g/mol. The zero-order chi connectivity index (χ0) is 15.4. The lowest BCUT2D eigenvalue weighted by molar-refractivity contribution is 0.0710. The van der Waals surface area contributed by atoms with E-state index in [1.54, 1.807) is 13.2 Å². The first kappa shape index (κ1) is 14.7. The molecule has 2 aliphatic rings. The molecule has 1 aromatic carbocycles. The molecule has 0 radical (unpaired) electrons. The summed E-state index contributed by atoms with van der Waals surface area (Å²) in [5, 5.41) is 8.83. The van der Waals surface area contributed by atoms with E-state index in [1.807, 2.05) is 18.2 Å². The first-order chi connectivity index (χ1) is 10.8. The smallest absolute Gasteiger partial charge is 0.191 e. The van der Waals surface area contributed by atoms with Gasteiger partial charge in [0, 0.05) is 12.1 Å². The van der Waals surface area contributed by atoms with Crippen molar-refractivity contribution >= 4 is 0 Å². The number of hydroxylamine groups is 1. The van der Waals surface area contributed by atoms with Gasteiger partial charge in [0.2, 0.25) is 0 Å². The van der Waals surface area contributed by atoms with Crippen LogP contribution < -0.4 is 15.0 Å². The van der Waals surface area contributed by atoms with Crippen LogP contribution in [-0.4, -0.2) is 19.3 Å². The van der Waals surface area contributed by atoms with E-state index in [4.69, 9.17) is 19.6 Å². The van der Waals surface area contributed by atoms with E-state index < -0.39 is 6.10 Å². The van der Waals surface area contributed by atoms with Gasteiger partial charge in [-0.3, -0.25) is 10.3 Å². The molecule has 0 saturated heterocycles. The molecule has 0 aromatic heterocycles. The molecule has 1 aromatic rings. The van der Waals surface area contributed by atoms with Crippen molar-refractivity contribution in [3.8, 4) is 17.6 Å². The Bertz CT molecular complexity index is 600. The molecule has 3 rings (SSSR count). The van der Waals surface area contributed by atoms with Crippen molar-refractivity contribution in [2.45, 2.75) is 44.3 Å². The monoisotopic (exact) mass is 300 g/mol. The fourth-order valence-corrected chi connectivity index (χ4v) is 2.88. The Morgan fingerprint density at radius 3 is 2.82 bits per heavy atom. The number of nitrogens with one attached hydrogen (secondary N) is 1. The van der Waals surface area contributed by atoms with Gasteiger partial charge >= 0.3 is 0 Å². The SMILES string of the molecule is COc1ccc(CC2=CC(C#N)ON2)cc1OC1CCCC1. The first-order valence-electron chi connectivity index (χ1n) is 7.64. The van der Waals surface area contributed by atoms with E-state index in [0.717, 1.165) is 35.6 Å². The fraction of sp³-hybridized carbons (Fsp3) is 0.471. The molecule has 1 aliphatic carbocycles. The number of hydrogen-bond acceptors (Lipinski definition) is 5. The van der Waals surface area contributed by atoms with Crippen LogP contribution in [0.25, 0.3) is 0 Å². The zero-order valence-electron chi connectivity index (χ0n) is 12.7. The molecule has 1 atom stereocenters. The van der Waals surface area contributed by atoms with Crippen LogP contribution in [0, 0.1) is 11.3 Å². The Labute approximate surface area is 130 Å². The minimum absolute atomic E-state index is 0.291. The van der Waals surface area contributed by atoms with Crippen molar-refractivity contribution in [2.75, 3.05) is 7.11 Å². The summed E-state index contributed by atoms with van der Waals surface area (Å²) in [5.74, 6) is 1.55. The van der Waals surface area contributed by atoms with Gasteiger partial charge in [-0.05, 0) is 49.5 Å². The molecule has 1 unspecified atom stereocenters. The lowest BCUT2D eigenvalue weighted by Gasteiger charge is -2.17. The predicted molar refractivity (Wildman–Crippen MR) is 81.3 cm³/mol.